The molecule has 0 unspecified atom stereocenters. The number of unbranched alkanes of at least 4 members (excludes halogenated alkanes) is 8. The summed E-state index contributed by atoms with van der Waals surface area (Å²) in [6, 6.07) is 0. The molecule has 0 aliphatic rings. The first-order valence-electron chi connectivity index (χ1n) is 9.37. The molecule has 1 N–H and O–H groups in total. The van der Waals surface area contributed by atoms with Gasteiger partial charge in [0.2, 0.25) is 0 Å². The molecule has 0 aromatic carbocycles. The summed E-state index contributed by atoms with van der Waals surface area (Å²) in [5.74, 6) is -0.131. The monoisotopic (exact) mass is 358 g/mol. The van der Waals surface area contributed by atoms with Gasteiger partial charge in [0.1, 0.15) is 0 Å². The summed E-state index contributed by atoms with van der Waals surface area (Å²) in [7, 11) is 1.43. The van der Waals surface area contributed by atoms with Crippen molar-refractivity contribution in [1.82, 2.24) is 0 Å². The lowest BCUT2D eigenvalue weighted by molar-refractivity contribution is -0.140. The van der Waals surface area contributed by atoms with Gasteiger partial charge in [-0.2, -0.15) is 0 Å². The molecule has 0 aromatic rings. The van der Waals surface area contributed by atoms with Gasteiger partial charge in [-0.1, -0.05) is 63.1 Å². The van der Waals surface area contributed by atoms with Crippen LogP contribution in [0.15, 0.2) is 22.8 Å². The number of methoxy groups -OCH3 is 1. The van der Waals surface area contributed by atoms with E-state index in [4.69, 9.17) is 11.6 Å². The highest BCUT2D eigenvalue weighted by Gasteiger charge is 2.03. The third kappa shape index (κ3) is 13.6. The fraction of sp³-hybridized carbons (Fsp3) is 0.750. The van der Waals surface area contributed by atoms with Crippen LogP contribution in [0.5, 0.6) is 0 Å². The minimum Gasteiger partial charge on any atom is -0.469 e. The molecule has 0 aliphatic carbocycles. The van der Waals surface area contributed by atoms with Crippen molar-refractivity contribution in [3.63, 3.8) is 0 Å². The molecule has 0 rings (SSSR count). The summed E-state index contributed by atoms with van der Waals surface area (Å²) in [4.78, 5) is 11.0. The topological polar surface area (TPSA) is 46.5 Å². The van der Waals surface area contributed by atoms with Crippen LogP contribution in [0.25, 0.3) is 0 Å². The number of aliphatic hydroxyl groups is 1. The zero-order valence-electron chi connectivity index (χ0n) is 15.5. The number of halogens is 1. The molecule has 0 spiro atoms. The van der Waals surface area contributed by atoms with Crippen LogP contribution in [0.4, 0.5) is 0 Å². The second-order valence-electron chi connectivity index (χ2n) is 6.21. The van der Waals surface area contributed by atoms with Crippen molar-refractivity contribution in [1.29, 1.82) is 0 Å². The molecule has 0 heterocycles. The summed E-state index contributed by atoms with van der Waals surface area (Å²) in [6.45, 7) is 2.24. The lowest BCUT2D eigenvalue weighted by Gasteiger charge is -2.06. The fourth-order valence-electron chi connectivity index (χ4n) is 2.51. The van der Waals surface area contributed by atoms with E-state index >= 15 is 0 Å². The summed E-state index contributed by atoms with van der Waals surface area (Å²) < 4.78 is 4.62. The van der Waals surface area contributed by atoms with Crippen LogP contribution in [0.1, 0.15) is 84.0 Å². The average Bonchev–Trinajstić information content (AvgIpc) is 2.59. The van der Waals surface area contributed by atoms with Gasteiger partial charge in [-0.15, -0.1) is 0 Å². The van der Waals surface area contributed by atoms with Crippen molar-refractivity contribution in [2.24, 2.45) is 0 Å². The van der Waals surface area contributed by atoms with Crippen molar-refractivity contribution in [2.45, 2.75) is 84.0 Å². The van der Waals surface area contributed by atoms with E-state index in [1.807, 2.05) is 6.08 Å². The van der Waals surface area contributed by atoms with Gasteiger partial charge in [0.05, 0.1) is 13.7 Å². The number of carbonyl (C=O) groups excluding carboxylic acids is 1. The molecule has 4 heteroatoms. The standard InChI is InChI=1S/C20H35ClO3/c1-3-4-5-6-9-12-15-19(21)18(17-22)14-11-8-7-10-13-16-20(23)24-2/h12,15,22H,3-11,13-14,16-17H2,1-2H3/b15-12+,19-18-. The molecule has 0 aromatic heterocycles. The third-order valence-electron chi connectivity index (χ3n) is 4.10. The van der Waals surface area contributed by atoms with E-state index in [2.05, 4.69) is 17.7 Å². The van der Waals surface area contributed by atoms with E-state index in [-0.39, 0.29) is 12.6 Å². The van der Waals surface area contributed by atoms with Crippen molar-refractivity contribution >= 4 is 17.6 Å². The third-order valence-corrected chi connectivity index (χ3v) is 4.50. The average molecular weight is 359 g/mol. The highest BCUT2D eigenvalue weighted by molar-refractivity contribution is 6.31. The van der Waals surface area contributed by atoms with Crippen molar-refractivity contribution in [3.05, 3.63) is 22.8 Å². The molecule has 0 saturated carbocycles. The Hall–Kier alpha value is -0.800. The zero-order chi connectivity index (χ0) is 18.0. The van der Waals surface area contributed by atoms with Crippen LogP contribution in [0.3, 0.4) is 0 Å². The molecule has 24 heavy (non-hydrogen) atoms. The number of esters is 1. The number of carbonyl (C=O) groups is 1. The molecule has 140 valence electrons. The van der Waals surface area contributed by atoms with Crippen LogP contribution in [0, 0.1) is 0 Å². The lowest BCUT2D eigenvalue weighted by Crippen LogP contribution is -1.99. The second kappa shape index (κ2) is 17.0. The Morgan fingerprint density at radius 3 is 2.25 bits per heavy atom. The smallest absolute Gasteiger partial charge is 0.305 e. The Morgan fingerprint density at radius 2 is 1.62 bits per heavy atom. The van der Waals surface area contributed by atoms with Gasteiger partial charge in [0.15, 0.2) is 0 Å². The van der Waals surface area contributed by atoms with Crippen LogP contribution < -0.4 is 0 Å². The molecule has 0 amide bonds. The molecule has 0 atom stereocenters. The van der Waals surface area contributed by atoms with Crippen LogP contribution >= 0.6 is 11.6 Å². The van der Waals surface area contributed by atoms with Gasteiger partial charge in [-0.05, 0) is 43.8 Å². The van der Waals surface area contributed by atoms with Crippen LogP contribution in [0.2, 0.25) is 0 Å². The van der Waals surface area contributed by atoms with Gasteiger partial charge < -0.3 is 9.84 Å². The number of rotatable bonds is 15. The summed E-state index contributed by atoms with van der Waals surface area (Å²) in [5, 5.41) is 10.2. The second-order valence-corrected chi connectivity index (χ2v) is 6.61. The van der Waals surface area contributed by atoms with E-state index in [0.29, 0.717) is 11.5 Å². The van der Waals surface area contributed by atoms with Crippen LogP contribution in [-0.2, 0) is 9.53 Å². The molecule has 0 radical (unpaired) electrons. The maximum atomic E-state index is 11.0. The van der Waals surface area contributed by atoms with Gasteiger partial charge in [0.25, 0.3) is 0 Å². The van der Waals surface area contributed by atoms with Crippen molar-refractivity contribution in [3.8, 4) is 0 Å². The summed E-state index contributed by atoms with van der Waals surface area (Å²) in [5.41, 5.74) is 0.927. The van der Waals surface area contributed by atoms with E-state index in [0.717, 1.165) is 50.5 Å². The van der Waals surface area contributed by atoms with Crippen molar-refractivity contribution in [2.75, 3.05) is 13.7 Å². The van der Waals surface area contributed by atoms with Gasteiger partial charge in [-0.3, -0.25) is 4.79 Å². The predicted molar refractivity (Wildman–Crippen MR) is 102 cm³/mol. The minimum absolute atomic E-state index is 0.0291. The maximum absolute atomic E-state index is 11.0. The van der Waals surface area contributed by atoms with E-state index < -0.39 is 0 Å². The first-order chi connectivity index (χ1) is 11.7. The number of ether oxygens (including phenoxy) is 1. The summed E-state index contributed by atoms with van der Waals surface area (Å²) >= 11 is 6.28. The van der Waals surface area contributed by atoms with Crippen LogP contribution in [-0.4, -0.2) is 24.8 Å². The number of hydrogen-bond acceptors (Lipinski definition) is 3. The number of aliphatic hydroxyl groups excluding tert-OH is 1. The number of allylic oxidation sites excluding steroid dienone is 3. The molecule has 3 nitrogen and oxygen atoms in total. The summed E-state index contributed by atoms with van der Waals surface area (Å²) in [6.07, 6.45) is 16.6. The van der Waals surface area contributed by atoms with E-state index in [9.17, 15) is 9.90 Å². The fourth-order valence-corrected chi connectivity index (χ4v) is 2.75. The highest BCUT2D eigenvalue weighted by Crippen LogP contribution is 2.19. The predicted octanol–water partition coefficient (Wildman–Crippen LogP) is 5.90. The Balaban J connectivity index is 3.86. The molecule has 0 saturated heterocycles. The maximum Gasteiger partial charge on any atom is 0.305 e. The molecular weight excluding hydrogens is 324 g/mol. The number of hydrogen-bond donors (Lipinski definition) is 1. The Labute approximate surface area is 153 Å². The van der Waals surface area contributed by atoms with Crippen molar-refractivity contribution < 1.29 is 14.6 Å². The zero-order valence-corrected chi connectivity index (χ0v) is 16.2. The SMILES string of the molecule is CCCCCC/C=C/C(Cl)=C(/CO)CCCCCCCC(=O)OC. The first kappa shape index (κ1) is 23.2. The Kier molecular flexibility index (Phi) is 16.5. The van der Waals surface area contributed by atoms with E-state index in [1.54, 1.807) is 0 Å². The molecule has 0 aliphatic heterocycles. The minimum atomic E-state index is -0.131. The van der Waals surface area contributed by atoms with Gasteiger partial charge in [0, 0.05) is 11.5 Å². The normalized spacial score (nSPS) is 12.5. The first-order valence-corrected chi connectivity index (χ1v) is 9.75. The molecular formula is C20H35ClO3. The van der Waals surface area contributed by atoms with E-state index in [1.165, 1.54) is 32.8 Å². The van der Waals surface area contributed by atoms with Gasteiger partial charge >= 0.3 is 5.97 Å². The molecule has 0 bridgehead atoms. The largest absolute Gasteiger partial charge is 0.469 e. The Morgan fingerprint density at radius 1 is 1.00 bits per heavy atom. The quantitative estimate of drug-likeness (QED) is 0.225. The Bertz CT molecular complexity index is 375. The highest BCUT2D eigenvalue weighted by atomic mass is 35.5. The molecule has 0 fully saturated rings. The lowest BCUT2D eigenvalue weighted by atomic mass is 10.0. The van der Waals surface area contributed by atoms with Gasteiger partial charge in [-0.25, -0.2) is 0 Å².